The first-order chi connectivity index (χ1) is 6.77. The van der Waals surface area contributed by atoms with E-state index < -0.39 is 0 Å². The molecule has 2 saturated heterocycles. The highest BCUT2D eigenvalue weighted by molar-refractivity contribution is 5.84. The molecule has 2 heterocycles. The zero-order valence-corrected chi connectivity index (χ0v) is 8.91. The van der Waals surface area contributed by atoms with E-state index in [1.54, 1.807) is 0 Å². The van der Waals surface area contributed by atoms with Crippen LogP contribution in [0.1, 0.15) is 39.0 Å². The van der Waals surface area contributed by atoms with E-state index in [4.69, 9.17) is 0 Å². The number of fused-ring (bicyclic) bond motifs is 4. The number of hydrogen-bond donors (Lipinski definition) is 0. The van der Waals surface area contributed by atoms with Crippen molar-refractivity contribution in [1.82, 2.24) is 4.90 Å². The van der Waals surface area contributed by atoms with Crippen LogP contribution in [-0.2, 0) is 4.79 Å². The fourth-order valence-electron chi connectivity index (χ4n) is 3.88. The van der Waals surface area contributed by atoms with Gasteiger partial charge in [0.15, 0.2) is 0 Å². The van der Waals surface area contributed by atoms with E-state index >= 15 is 0 Å². The molecule has 0 N–H and O–H groups in total. The van der Waals surface area contributed by atoms with Crippen molar-refractivity contribution in [2.24, 2.45) is 11.8 Å². The second-order valence-electron chi connectivity index (χ2n) is 5.31. The van der Waals surface area contributed by atoms with E-state index in [2.05, 4.69) is 11.8 Å². The van der Waals surface area contributed by atoms with E-state index in [1.807, 2.05) is 0 Å². The van der Waals surface area contributed by atoms with Crippen LogP contribution in [0.5, 0.6) is 0 Å². The van der Waals surface area contributed by atoms with Gasteiger partial charge in [-0.1, -0.05) is 6.42 Å². The van der Waals surface area contributed by atoms with Crippen molar-refractivity contribution >= 4 is 5.78 Å². The minimum Gasteiger partial charge on any atom is -0.299 e. The maximum atomic E-state index is 11.8. The summed E-state index contributed by atoms with van der Waals surface area (Å²) in [7, 11) is 0. The first-order valence-electron chi connectivity index (χ1n) is 6.06. The smallest absolute Gasteiger partial charge is 0.137 e. The summed E-state index contributed by atoms with van der Waals surface area (Å²) in [5, 5.41) is 0. The summed E-state index contributed by atoms with van der Waals surface area (Å²) in [6.07, 6.45) is 6.02. The van der Waals surface area contributed by atoms with Gasteiger partial charge in [0.1, 0.15) is 5.78 Å². The predicted molar refractivity (Wildman–Crippen MR) is 55.0 cm³/mol. The zero-order chi connectivity index (χ0) is 9.71. The maximum Gasteiger partial charge on any atom is 0.137 e. The lowest BCUT2D eigenvalue weighted by atomic mass is 9.81. The Balaban J connectivity index is 1.91. The Bertz CT molecular complexity index is 263. The van der Waals surface area contributed by atoms with E-state index in [0.717, 1.165) is 6.42 Å². The molecule has 0 radical (unpaired) electrons. The fraction of sp³-hybridized carbons (Fsp3) is 0.917. The van der Waals surface area contributed by atoms with Gasteiger partial charge in [-0.15, -0.1) is 0 Å². The number of nitrogens with zero attached hydrogens (tertiary/aromatic N) is 1. The van der Waals surface area contributed by atoms with Gasteiger partial charge in [0, 0.05) is 24.4 Å². The van der Waals surface area contributed by atoms with E-state index in [1.165, 1.54) is 32.2 Å². The number of Topliss-reactive ketones (excluding diaryl/α,β-unsaturated/α-hetero) is 1. The Labute approximate surface area is 85.7 Å². The van der Waals surface area contributed by atoms with Crippen molar-refractivity contribution in [3.05, 3.63) is 0 Å². The van der Waals surface area contributed by atoms with Gasteiger partial charge < -0.3 is 0 Å². The highest BCUT2D eigenvalue weighted by atomic mass is 16.1. The number of piperidine rings is 2. The number of rotatable bonds is 0. The zero-order valence-electron chi connectivity index (χ0n) is 8.91. The Morgan fingerprint density at radius 2 is 2.21 bits per heavy atom. The predicted octanol–water partition coefficient (Wildman–Crippen LogP) is 1.84. The molecule has 4 atom stereocenters. The molecule has 14 heavy (non-hydrogen) atoms. The van der Waals surface area contributed by atoms with Gasteiger partial charge in [0.05, 0.1) is 0 Å². The molecule has 3 aliphatic rings. The molecule has 1 aliphatic carbocycles. The van der Waals surface area contributed by atoms with Crippen LogP contribution in [0.3, 0.4) is 0 Å². The average molecular weight is 193 g/mol. The minimum absolute atomic E-state index is 0.413. The Hall–Kier alpha value is -0.370. The monoisotopic (exact) mass is 193 g/mol. The first kappa shape index (κ1) is 8.90. The lowest BCUT2D eigenvalue weighted by Gasteiger charge is -2.47. The van der Waals surface area contributed by atoms with Crippen molar-refractivity contribution < 1.29 is 4.79 Å². The molecule has 2 aliphatic heterocycles. The second-order valence-corrected chi connectivity index (χ2v) is 5.31. The summed E-state index contributed by atoms with van der Waals surface area (Å²) < 4.78 is 0. The average Bonchev–Trinajstić information content (AvgIpc) is 2.55. The number of hydrogen-bond acceptors (Lipinski definition) is 2. The molecular weight excluding hydrogens is 174 g/mol. The van der Waals surface area contributed by atoms with Gasteiger partial charge in [-0.3, -0.25) is 9.69 Å². The molecule has 0 aromatic heterocycles. The molecule has 0 aromatic carbocycles. The molecule has 2 bridgehead atoms. The van der Waals surface area contributed by atoms with Crippen LogP contribution in [0.2, 0.25) is 0 Å². The molecule has 3 fully saturated rings. The Kier molecular flexibility index (Phi) is 1.94. The molecule has 78 valence electrons. The molecule has 0 unspecified atom stereocenters. The normalized spacial score (nSPS) is 47.9. The van der Waals surface area contributed by atoms with Crippen molar-refractivity contribution in [3.63, 3.8) is 0 Å². The van der Waals surface area contributed by atoms with Gasteiger partial charge >= 0.3 is 0 Å². The summed E-state index contributed by atoms with van der Waals surface area (Å²) >= 11 is 0. The SMILES string of the molecule is C[C@@H]1[C@@H]2CC(=O)[C@@H](C2)[C@@H]2CCCCN12. The van der Waals surface area contributed by atoms with Crippen LogP contribution in [0.15, 0.2) is 0 Å². The highest BCUT2D eigenvalue weighted by Crippen LogP contribution is 2.44. The lowest BCUT2D eigenvalue weighted by molar-refractivity contribution is -0.122. The summed E-state index contributed by atoms with van der Waals surface area (Å²) in [4.78, 5) is 14.5. The molecule has 2 heteroatoms. The Morgan fingerprint density at radius 3 is 3.07 bits per heavy atom. The van der Waals surface area contributed by atoms with Crippen LogP contribution >= 0.6 is 0 Å². The number of carbonyl (C=O) groups is 1. The third kappa shape index (κ3) is 1.10. The largest absolute Gasteiger partial charge is 0.299 e. The molecule has 1 saturated carbocycles. The Morgan fingerprint density at radius 1 is 1.36 bits per heavy atom. The molecule has 3 rings (SSSR count). The maximum absolute atomic E-state index is 11.8. The molecular formula is C12H19NO. The van der Waals surface area contributed by atoms with Crippen LogP contribution in [0.25, 0.3) is 0 Å². The first-order valence-corrected chi connectivity index (χ1v) is 6.06. The van der Waals surface area contributed by atoms with E-state index in [-0.39, 0.29) is 0 Å². The summed E-state index contributed by atoms with van der Waals surface area (Å²) in [5.41, 5.74) is 0. The van der Waals surface area contributed by atoms with Crippen molar-refractivity contribution in [2.75, 3.05) is 6.54 Å². The third-order valence-corrected chi connectivity index (χ3v) is 4.70. The van der Waals surface area contributed by atoms with Crippen LogP contribution in [0, 0.1) is 11.8 Å². The number of ketones is 1. The van der Waals surface area contributed by atoms with E-state index in [9.17, 15) is 4.79 Å². The quantitative estimate of drug-likeness (QED) is 0.585. The van der Waals surface area contributed by atoms with Crippen LogP contribution in [-0.4, -0.2) is 29.3 Å². The van der Waals surface area contributed by atoms with Crippen molar-refractivity contribution in [3.8, 4) is 0 Å². The van der Waals surface area contributed by atoms with E-state index in [0.29, 0.717) is 29.7 Å². The van der Waals surface area contributed by atoms with Gasteiger partial charge in [0.2, 0.25) is 0 Å². The van der Waals surface area contributed by atoms with Crippen molar-refractivity contribution in [2.45, 2.75) is 51.1 Å². The van der Waals surface area contributed by atoms with Gasteiger partial charge in [-0.05, 0) is 38.6 Å². The topological polar surface area (TPSA) is 20.3 Å². The minimum atomic E-state index is 0.413. The summed E-state index contributed by atoms with van der Waals surface area (Å²) in [6, 6.07) is 1.29. The number of carbonyl (C=O) groups excluding carboxylic acids is 1. The van der Waals surface area contributed by atoms with Gasteiger partial charge in [0.25, 0.3) is 0 Å². The molecule has 0 spiro atoms. The van der Waals surface area contributed by atoms with Gasteiger partial charge in [-0.2, -0.15) is 0 Å². The highest BCUT2D eigenvalue weighted by Gasteiger charge is 2.49. The van der Waals surface area contributed by atoms with Crippen LogP contribution < -0.4 is 0 Å². The lowest BCUT2D eigenvalue weighted by Crippen LogP contribution is -2.53. The van der Waals surface area contributed by atoms with Gasteiger partial charge in [-0.25, -0.2) is 0 Å². The molecule has 2 nitrogen and oxygen atoms in total. The van der Waals surface area contributed by atoms with Crippen molar-refractivity contribution in [1.29, 1.82) is 0 Å². The molecule has 0 aromatic rings. The standard InChI is InChI=1S/C12H19NO/c1-8-9-6-10(12(14)7-9)11-4-2-3-5-13(8)11/h8-11H,2-7H2,1H3/t8-,9+,10+,11+/m1/s1. The van der Waals surface area contributed by atoms with Crippen LogP contribution in [0.4, 0.5) is 0 Å². The molecule has 0 amide bonds. The second kappa shape index (κ2) is 3.06. The third-order valence-electron chi connectivity index (χ3n) is 4.70. The summed E-state index contributed by atoms with van der Waals surface area (Å²) in [6.45, 7) is 3.57. The fourth-order valence-corrected chi connectivity index (χ4v) is 3.88. The summed E-state index contributed by atoms with van der Waals surface area (Å²) in [5.74, 6) is 1.66.